The summed E-state index contributed by atoms with van der Waals surface area (Å²) in [4.78, 5) is 19.3. The van der Waals surface area contributed by atoms with Gasteiger partial charge in [-0.3, -0.25) is 4.79 Å². The number of aromatic nitrogens is 2. The molecular formula is C14H15Cl2N3O2. The highest BCUT2D eigenvalue weighted by Gasteiger charge is 2.13. The second-order valence-electron chi connectivity index (χ2n) is 3.47. The number of nitrogens with zero attached hydrogens (tertiary/aromatic N) is 2. The highest BCUT2D eigenvalue weighted by molar-refractivity contribution is 6.32. The molecule has 1 N–H and O–H groups in total. The first-order valence-electron chi connectivity index (χ1n) is 6.29. The number of nitrogens with one attached hydrogen (secondary N) is 1. The first-order chi connectivity index (χ1) is 10.1. The lowest BCUT2D eigenvalue weighted by Gasteiger charge is -2.10. The third-order valence-electron chi connectivity index (χ3n) is 2.25. The molecule has 0 fully saturated rings. The molecule has 7 heteroatoms. The van der Waals surface area contributed by atoms with Crippen LogP contribution in [0.4, 0.5) is 0 Å². The van der Waals surface area contributed by atoms with Gasteiger partial charge in [0.05, 0.1) is 11.8 Å². The predicted octanol–water partition coefficient (Wildman–Crippen LogP) is 3.96. The number of amides is 1. The summed E-state index contributed by atoms with van der Waals surface area (Å²) in [5.41, 5.74) is 0.371. The van der Waals surface area contributed by atoms with Gasteiger partial charge in [-0.05, 0) is 23.7 Å². The topological polar surface area (TPSA) is 64.1 Å². The van der Waals surface area contributed by atoms with E-state index >= 15 is 0 Å². The molecule has 1 aromatic carbocycles. The Morgan fingerprint density at radius 1 is 1.24 bits per heavy atom. The van der Waals surface area contributed by atoms with Crippen LogP contribution >= 0.6 is 23.2 Å². The smallest absolute Gasteiger partial charge is 0.254 e. The van der Waals surface area contributed by atoms with Gasteiger partial charge in [0, 0.05) is 7.05 Å². The van der Waals surface area contributed by atoms with E-state index < -0.39 is 0 Å². The average Bonchev–Trinajstić information content (AvgIpc) is 2.52. The normalized spacial score (nSPS) is 9.38. The van der Waals surface area contributed by atoms with E-state index in [-0.39, 0.29) is 22.1 Å². The van der Waals surface area contributed by atoms with Crippen LogP contribution in [0.2, 0.25) is 10.3 Å². The first-order valence-corrected chi connectivity index (χ1v) is 7.04. The van der Waals surface area contributed by atoms with E-state index in [1.807, 2.05) is 13.8 Å². The number of hydrogen-bond acceptors (Lipinski definition) is 4. The number of carbonyl (C=O) groups excluding carboxylic acids is 1. The predicted molar refractivity (Wildman–Crippen MR) is 83.3 cm³/mol. The van der Waals surface area contributed by atoms with E-state index in [2.05, 4.69) is 15.3 Å². The molecule has 2 aromatic rings. The maximum Gasteiger partial charge on any atom is 0.254 e. The van der Waals surface area contributed by atoms with E-state index in [0.717, 1.165) is 0 Å². The molecule has 0 atom stereocenters. The molecule has 0 aliphatic carbocycles. The van der Waals surface area contributed by atoms with Crippen molar-refractivity contribution in [2.24, 2.45) is 0 Å². The van der Waals surface area contributed by atoms with Crippen LogP contribution in [0.3, 0.4) is 0 Å². The van der Waals surface area contributed by atoms with Crippen molar-refractivity contribution >= 4 is 29.1 Å². The Morgan fingerprint density at radius 2 is 1.90 bits per heavy atom. The van der Waals surface area contributed by atoms with Crippen molar-refractivity contribution in [3.05, 3.63) is 46.3 Å². The summed E-state index contributed by atoms with van der Waals surface area (Å²) in [5, 5.41) is 2.74. The fraction of sp³-hybridized carbons (Fsp3) is 0.214. The fourth-order valence-corrected chi connectivity index (χ4v) is 1.64. The highest BCUT2D eigenvalue weighted by Crippen LogP contribution is 2.29. The molecule has 0 saturated heterocycles. The van der Waals surface area contributed by atoms with Crippen LogP contribution in [0.5, 0.6) is 11.6 Å². The van der Waals surface area contributed by atoms with Gasteiger partial charge < -0.3 is 10.1 Å². The zero-order valence-electron chi connectivity index (χ0n) is 11.9. The van der Waals surface area contributed by atoms with Crippen LogP contribution in [-0.4, -0.2) is 22.9 Å². The Kier molecular flexibility index (Phi) is 6.91. The van der Waals surface area contributed by atoms with E-state index in [0.29, 0.717) is 11.3 Å². The molecule has 1 heterocycles. The van der Waals surface area contributed by atoms with Crippen LogP contribution in [0, 0.1) is 0 Å². The van der Waals surface area contributed by atoms with Gasteiger partial charge in [-0.15, -0.1) is 0 Å². The maximum absolute atomic E-state index is 11.7. The van der Waals surface area contributed by atoms with E-state index in [4.69, 9.17) is 27.9 Å². The number of benzene rings is 1. The Labute approximate surface area is 133 Å². The molecule has 0 bridgehead atoms. The zero-order chi connectivity index (χ0) is 15.8. The molecule has 2 rings (SSSR count). The Hall–Kier alpha value is -1.85. The van der Waals surface area contributed by atoms with Crippen LogP contribution < -0.4 is 10.1 Å². The van der Waals surface area contributed by atoms with Crippen molar-refractivity contribution in [1.82, 2.24) is 15.3 Å². The summed E-state index contributed by atoms with van der Waals surface area (Å²) >= 11 is 11.6. The molecule has 0 aliphatic rings. The Morgan fingerprint density at radius 3 is 2.57 bits per heavy atom. The Bertz CT molecular complexity index is 621. The third kappa shape index (κ3) is 4.58. The lowest BCUT2D eigenvalue weighted by atomic mass is 10.2. The van der Waals surface area contributed by atoms with Crippen molar-refractivity contribution in [1.29, 1.82) is 0 Å². The summed E-state index contributed by atoms with van der Waals surface area (Å²) in [6.07, 6.45) is 1.33. The van der Waals surface area contributed by atoms with Crippen molar-refractivity contribution in [2.45, 2.75) is 13.8 Å². The van der Waals surface area contributed by atoms with Gasteiger partial charge in [-0.1, -0.05) is 37.6 Å². The maximum atomic E-state index is 11.7. The molecule has 0 saturated carbocycles. The zero-order valence-corrected chi connectivity index (χ0v) is 13.4. The summed E-state index contributed by atoms with van der Waals surface area (Å²) in [6, 6.07) is 6.73. The van der Waals surface area contributed by atoms with Gasteiger partial charge in [0.2, 0.25) is 11.2 Å². The van der Waals surface area contributed by atoms with Crippen molar-refractivity contribution in [2.75, 3.05) is 7.05 Å². The summed E-state index contributed by atoms with van der Waals surface area (Å²) in [6.45, 7) is 4.00. The van der Waals surface area contributed by atoms with Gasteiger partial charge in [-0.2, -0.15) is 4.98 Å². The molecule has 0 unspecified atom stereocenters. The summed E-state index contributed by atoms with van der Waals surface area (Å²) < 4.78 is 5.52. The second kappa shape index (κ2) is 8.44. The molecular weight excluding hydrogens is 313 g/mol. The Balaban J connectivity index is 0.00000106. The van der Waals surface area contributed by atoms with Gasteiger partial charge in [0.1, 0.15) is 10.8 Å². The highest BCUT2D eigenvalue weighted by atomic mass is 35.5. The lowest BCUT2D eigenvalue weighted by Crippen LogP contribution is -2.18. The number of ether oxygens (including phenoxy) is 1. The van der Waals surface area contributed by atoms with Crippen LogP contribution in [0.15, 0.2) is 30.5 Å². The number of para-hydroxylation sites is 1. The minimum absolute atomic E-state index is 0.0109. The van der Waals surface area contributed by atoms with Gasteiger partial charge >= 0.3 is 0 Å². The second-order valence-corrected chi connectivity index (χ2v) is 4.21. The fourth-order valence-electron chi connectivity index (χ4n) is 1.38. The minimum atomic E-state index is -0.271. The largest absolute Gasteiger partial charge is 0.437 e. The molecule has 5 nitrogen and oxygen atoms in total. The van der Waals surface area contributed by atoms with Crippen LogP contribution in [0.25, 0.3) is 0 Å². The molecule has 112 valence electrons. The standard InChI is InChI=1S/C12H9Cl2N3O2.C2H6/c1-15-10(18)7-4-2-3-5-9(7)19-11-8(13)6-16-12(14)17-11;1-2/h2-6H,1H3,(H,15,18);1-2H3. The number of carbonyl (C=O) groups is 1. The third-order valence-corrected chi connectivity index (χ3v) is 2.69. The lowest BCUT2D eigenvalue weighted by molar-refractivity contribution is 0.0960. The quantitative estimate of drug-likeness (QED) is 0.866. The molecule has 1 aromatic heterocycles. The van der Waals surface area contributed by atoms with Gasteiger partial charge in [-0.25, -0.2) is 4.98 Å². The van der Waals surface area contributed by atoms with E-state index in [1.165, 1.54) is 13.2 Å². The van der Waals surface area contributed by atoms with Gasteiger partial charge in [0.15, 0.2) is 0 Å². The van der Waals surface area contributed by atoms with Crippen LogP contribution in [-0.2, 0) is 0 Å². The summed E-state index contributed by atoms with van der Waals surface area (Å²) in [5.74, 6) is 0.156. The molecule has 21 heavy (non-hydrogen) atoms. The van der Waals surface area contributed by atoms with Crippen molar-refractivity contribution in [3.8, 4) is 11.6 Å². The summed E-state index contributed by atoms with van der Waals surface area (Å²) in [7, 11) is 1.54. The van der Waals surface area contributed by atoms with Gasteiger partial charge in [0.25, 0.3) is 5.91 Å². The van der Waals surface area contributed by atoms with Crippen LogP contribution in [0.1, 0.15) is 24.2 Å². The molecule has 0 spiro atoms. The SMILES string of the molecule is CC.CNC(=O)c1ccccc1Oc1nc(Cl)ncc1Cl. The number of rotatable bonds is 3. The average molecular weight is 328 g/mol. The molecule has 1 amide bonds. The van der Waals surface area contributed by atoms with E-state index in [1.54, 1.807) is 24.3 Å². The number of halogens is 2. The monoisotopic (exact) mass is 327 g/mol. The first kappa shape index (κ1) is 17.2. The minimum Gasteiger partial charge on any atom is -0.437 e. The van der Waals surface area contributed by atoms with E-state index in [9.17, 15) is 4.79 Å². The molecule has 0 aliphatic heterocycles. The van der Waals surface area contributed by atoms with Crippen molar-refractivity contribution in [3.63, 3.8) is 0 Å². The van der Waals surface area contributed by atoms with Crippen molar-refractivity contribution < 1.29 is 9.53 Å². The number of hydrogen-bond donors (Lipinski definition) is 1. The molecule has 0 radical (unpaired) electrons.